The summed E-state index contributed by atoms with van der Waals surface area (Å²) in [6, 6.07) is 26.4. The van der Waals surface area contributed by atoms with Crippen LogP contribution in [0.5, 0.6) is 5.75 Å². The lowest BCUT2D eigenvalue weighted by atomic mass is 9.82. The molecule has 1 aliphatic carbocycles. The van der Waals surface area contributed by atoms with Crippen LogP contribution in [0.4, 0.5) is 0 Å². The van der Waals surface area contributed by atoms with E-state index in [0.717, 1.165) is 33.1 Å². The Bertz CT molecular complexity index is 2010. The van der Waals surface area contributed by atoms with E-state index < -0.39 is 0 Å². The molecule has 1 N–H and O–H groups in total. The number of carbonyl (C=O) groups is 1. The summed E-state index contributed by atoms with van der Waals surface area (Å²) >= 11 is 0. The normalized spacial score (nSPS) is 16.3. The number of pyridine rings is 1. The van der Waals surface area contributed by atoms with E-state index in [1.807, 2.05) is 29.2 Å². The molecule has 6 aromatic rings. The topological polar surface area (TPSA) is 80.7 Å². The Morgan fingerprint density at radius 2 is 1.73 bits per heavy atom. The molecule has 7 nitrogen and oxygen atoms in total. The largest absolute Gasteiger partial charge is 0.504 e. The van der Waals surface area contributed by atoms with Crippen LogP contribution in [0.1, 0.15) is 43.6 Å². The number of fused-ring (bicyclic) bond motifs is 3. The number of phenolic OH excluding ortho intramolecular Hbond substituents is 1. The Morgan fingerprint density at radius 3 is 2.57 bits per heavy atom. The Hall–Kier alpha value is -4.62. The number of rotatable bonds is 5. The number of para-hydroxylation sites is 2. The summed E-state index contributed by atoms with van der Waals surface area (Å²) in [5.74, 6) is 1.34. The molecule has 1 saturated heterocycles. The van der Waals surface area contributed by atoms with E-state index >= 15 is 0 Å². The number of morpholine rings is 1. The molecule has 1 amide bonds. The highest BCUT2D eigenvalue weighted by molar-refractivity contribution is 5.96. The fraction of sp³-hybridized carbons (Fsp3) is 0.297. The van der Waals surface area contributed by atoms with E-state index in [1.165, 1.54) is 43.1 Å². The van der Waals surface area contributed by atoms with Crippen LogP contribution in [0.25, 0.3) is 55.5 Å². The van der Waals surface area contributed by atoms with Gasteiger partial charge in [-0.05, 0) is 66.3 Å². The molecule has 1 aliphatic heterocycles. The van der Waals surface area contributed by atoms with Gasteiger partial charge in [0.25, 0.3) is 0 Å². The zero-order valence-corrected chi connectivity index (χ0v) is 24.7. The van der Waals surface area contributed by atoms with Crippen LogP contribution in [0.15, 0.2) is 83.3 Å². The second-order valence-electron chi connectivity index (χ2n) is 12.1. The van der Waals surface area contributed by atoms with Gasteiger partial charge in [-0.1, -0.05) is 61.7 Å². The van der Waals surface area contributed by atoms with Gasteiger partial charge < -0.3 is 23.7 Å². The number of ether oxygens (including phenoxy) is 1. The molecule has 0 unspecified atom stereocenters. The third-order valence-corrected chi connectivity index (χ3v) is 9.42. The fourth-order valence-electron chi connectivity index (χ4n) is 7.24. The van der Waals surface area contributed by atoms with Crippen molar-refractivity contribution in [3.8, 4) is 28.5 Å². The molecule has 0 spiro atoms. The summed E-state index contributed by atoms with van der Waals surface area (Å²) in [4.78, 5) is 20.5. The molecular formula is C37H35N3O4. The van der Waals surface area contributed by atoms with E-state index in [9.17, 15) is 9.90 Å². The number of hydrogen-bond acceptors (Lipinski definition) is 5. The molecule has 3 aromatic carbocycles. The van der Waals surface area contributed by atoms with Crippen molar-refractivity contribution in [3.05, 3.63) is 84.4 Å². The lowest BCUT2D eigenvalue weighted by Crippen LogP contribution is -2.42. The van der Waals surface area contributed by atoms with Crippen LogP contribution in [-0.2, 0) is 16.1 Å². The number of phenols is 1. The van der Waals surface area contributed by atoms with Gasteiger partial charge in [-0.15, -0.1) is 0 Å². The lowest BCUT2D eigenvalue weighted by molar-refractivity contribution is -0.135. The van der Waals surface area contributed by atoms with Crippen molar-refractivity contribution in [2.45, 2.75) is 44.6 Å². The van der Waals surface area contributed by atoms with Crippen molar-refractivity contribution < 1.29 is 19.1 Å². The molecule has 4 heterocycles. The summed E-state index contributed by atoms with van der Waals surface area (Å²) < 4.78 is 13.8. The first-order chi connectivity index (χ1) is 21.6. The fourth-order valence-corrected chi connectivity index (χ4v) is 7.24. The smallest absolute Gasteiger partial charge is 0.242 e. The highest BCUT2D eigenvalue weighted by atomic mass is 16.5. The highest BCUT2D eigenvalue weighted by Crippen LogP contribution is 2.44. The minimum atomic E-state index is 0.121. The van der Waals surface area contributed by atoms with Crippen LogP contribution in [0, 0.1) is 0 Å². The Morgan fingerprint density at radius 1 is 0.886 bits per heavy atom. The first-order valence-corrected chi connectivity index (χ1v) is 15.7. The van der Waals surface area contributed by atoms with Gasteiger partial charge in [-0.2, -0.15) is 0 Å². The van der Waals surface area contributed by atoms with Gasteiger partial charge in [0.05, 0.1) is 24.4 Å². The number of furan rings is 1. The highest BCUT2D eigenvalue weighted by Gasteiger charge is 2.28. The van der Waals surface area contributed by atoms with Crippen LogP contribution in [0.3, 0.4) is 0 Å². The molecule has 1 saturated carbocycles. The van der Waals surface area contributed by atoms with Crippen molar-refractivity contribution in [2.24, 2.45) is 0 Å². The predicted octanol–water partition coefficient (Wildman–Crippen LogP) is 7.88. The predicted molar refractivity (Wildman–Crippen MR) is 173 cm³/mol. The number of aromatic hydroxyl groups is 1. The molecule has 2 aliphatic rings. The maximum Gasteiger partial charge on any atom is 0.242 e. The summed E-state index contributed by atoms with van der Waals surface area (Å²) in [5.41, 5.74) is 6.80. The SMILES string of the molecule is O=C(Cn1c(-c2ccc3nc(-c4cc5cccc(O)c5o4)ccc3c2)c(C2CCCCC2)c2ccccc21)N1CCOCC1. The molecule has 44 heavy (non-hydrogen) atoms. The van der Waals surface area contributed by atoms with E-state index in [4.69, 9.17) is 14.1 Å². The van der Waals surface area contributed by atoms with Gasteiger partial charge in [0.1, 0.15) is 12.2 Å². The van der Waals surface area contributed by atoms with Gasteiger partial charge in [-0.3, -0.25) is 4.79 Å². The van der Waals surface area contributed by atoms with Gasteiger partial charge in [0.2, 0.25) is 5.91 Å². The standard InChI is InChI=1S/C37H35N3O4/c41-32-12-6-9-27-22-33(44-37(27)32)30-16-13-25-21-26(14-15-29(25)38-30)36-35(24-7-2-1-3-8-24)28-10-4-5-11-31(28)40(36)23-34(42)39-17-19-43-20-18-39/h4-6,9-16,21-22,24,41H,1-3,7-8,17-20,23H2. The summed E-state index contributed by atoms with van der Waals surface area (Å²) in [5, 5.41) is 13.3. The van der Waals surface area contributed by atoms with Crippen molar-refractivity contribution in [2.75, 3.05) is 26.3 Å². The minimum absolute atomic E-state index is 0.121. The number of aromatic nitrogens is 2. The van der Waals surface area contributed by atoms with Gasteiger partial charge in [0, 0.05) is 34.8 Å². The van der Waals surface area contributed by atoms with E-state index in [-0.39, 0.29) is 11.7 Å². The average Bonchev–Trinajstić information content (AvgIpc) is 3.66. The number of nitrogens with zero attached hydrogens (tertiary/aromatic N) is 3. The van der Waals surface area contributed by atoms with Gasteiger partial charge in [-0.25, -0.2) is 4.98 Å². The summed E-state index contributed by atoms with van der Waals surface area (Å²) in [6.07, 6.45) is 6.10. The van der Waals surface area contributed by atoms with Crippen molar-refractivity contribution in [1.29, 1.82) is 0 Å². The Balaban J connectivity index is 1.25. The number of carbonyl (C=O) groups excluding carboxylic acids is 1. The Labute approximate surface area is 255 Å². The Kier molecular flexibility index (Phi) is 6.83. The second-order valence-corrected chi connectivity index (χ2v) is 12.1. The molecular weight excluding hydrogens is 550 g/mol. The van der Waals surface area contributed by atoms with Crippen molar-refractivity contribution >= 4 is 38.7 Å². The maximum absolute atomic E-state index is 13.7. The molecule has 222 valence electrons. The molecule has 0 atom stereocenters. The van der Waals surface area contributed by atoms with E-state index in [0.29, 0.717) is 55.8 Å². The van der Waals surface area contributed by atoms with Crippen LogP contribution in [-0.4, -0.2) is 51.8 Å². The number of hydrogen-bond donors (Lipinski definition) is 1. The van der Waals surface area contributed by atoms with Crippen LogP contribution < -0.4 is 0 Å². The average molecular weight is 586 g/mol. The number of benzene rings is 3. The molecule has 0 bridgehead atoms. The van der Waals surface area contributed by atoms with Gasteiger partial charge >= 0.3 is 0 Å². The lowest BCUT2D eigenvalue weighted by Gasteiger charge is -2.28. The van der Waals surface area contributed by atoms with Crippen molar-refractivity contribution in [3.63, 3.8) is 0 Å². The van der Waals surface area contributed by atoms with E-state index in [1.54, 1.807) is 6.07 Å². The third-order valence-electron chi connectivity index (χ3n) is 9.42. The molecule has 7 heteroatoms. The van der Waals surface area contributed by atoms with Crippen LogP contribution in [0.2, 0.25) is 0 Å². The quantitative estimate of drug-likeness (QED) is 0.223. The first kappa shape index (κ1) is 27.0. The molecule has 3 aromatic heterocycles. The zero-order valence-electron chi connectivity index (χ0n) is 24.7. The first-order valence-electron chi connectivity index (χ1n) is 15.7. The molecule has 8 rings (SSSR count). The third kappa shape index (κ3) is 4.72. The molecule has 0 radical (unpaired) electrons. The van der Waals surface area contributed by atoms with Crippen molar-refractivity contribution in [1.82, 2.24) is 14.5 Å². The monoisotopic (exact) mass is 585 g/mol. The number of amides is 1. The minimum Gasteiger partial charge on any atom is -0.504 e. The van der Waals surface area contributed by atoms with E-state index in [2.05, 4.69) is 53.1 Å². The zero-order chi connectivity index (χ0) is 29.6. The summed E-state index contributed by atoms with van der Waals surface area (Å²) in [7, 11) is 0. The maximum atomic E-state index is 13.7. The molecule has 2 fully saturated rings. The van der Waals surface area contributed by atoms with Gasteiger partial charge in [0.15, 0.2) is 17.1 Å². The summed E-state index contributed by atoms with van der Waals surface area (Å²) in [6.45, 7) is 2.76. The second kappa shape index (κ2) is 11.1. The van der Waals surface area contributed by atoms with Crippen LogP contribution >= 0.6 is 0 Å².